The van der Waals surface area contributed by atoms with Crippen LogP contribution in [-0.4, -0.2) is 51.2 Å². The standard InChI is InChI=1S/C27H27N5O3/c1-19-9-11-20(12-10-19)27-22(18-31(30-27)21-6-3-2-4-7-21)24-16-23(25-8-5-15-35-25)29-32(24)26(34)17-28-13-14-33/h2-12,15,18,24,28,33H,13-14,16-17H2,1H3/t24-/m0/s1. The van der Waals surface area contributed by atoms with Gasteiger partial charge in [0, 0.05) is 30.3 Å². The van der Waals surface area contributed by atoms with Gasteiger partial charge in [-0.25, -0.2) is 9.69 Å². The average Bonchev–Trinajstić information content (AvgIpc) is 3.64. The molecule has 1 atom stereocenters. The number of furan rings is 1. The topological polar surface area (TPSA) is 95.9 Å². The van der Waals surface area contributed by atoms with Crippen LogP contribution in [0, 0.1) is 6.92 Å². The third-order valence-electron chi connectivity index (χ3n) is 5.98. The molecular formula is C27H27N5O3. The van der Waals surface area contributed by atoms with Gasteiger partial charge in [0.25, 0.3) is 5.91 Å². The van der Waals surface area contributed by atoms with Gasteiger partial charge in [0.2, 0.25) is 0 Å². The lowest BCUT2D eigenvalue weighted by atomic mass is 9.97. The number of hydrogen-bond acceptors (Lipinski definition) is 6. The molecular weight excluding hydrogens is 442 g/mol. The fourth-order valence-corrected chi connectivity index (χ4v) is 4.21. The molecule has 0 spiro atoms. The van der Waals surface area contributed by atoms with Crippen LogP contribution < -0.4 is 5.32 Å². The molecule has 0 saturated heterocycles. The number of aryl methyl sites for hydroxylation is 1. The van der Waals surface area contributed by atoms with Crippen molar-refractivity contribution in [3.05, 3.63) is 96.1 Å². The molecule has 2 aromatic heterocycles. The molecule has 35 heavy (non-hydrogen) atoms. The number of carbonyl (C=O) groups is 1. The highest BCUT2D eigenvalue weighted by Crippen LogP contribution is 2.38. The normalized spacial score (nSPS) is 15.4. The van der Waals surface area contributed by atoms with Gasteiger partial charge in [-0.3, -0.25) is 4.79 Å². The predicted octanol–water partition coefficient (Wildman–Crippen LogP) is 3.70. The highest BCUT2D eigenvalue weighted by Gasteiger charge is 2.36. The van der Waals surface area contributed by atoms with Crippen LogP contribution in [-0.2, 0) is 4.79 Å². The largest absolute Gasteiger partial charge is 0.463 e. The Balaban J connectivity index is 1.58. The van der Waals surface area contributed by atoms with E-state index in [-0.39, 0.29) is 25.1 Å². The van der Waals surface area contributed by atoms with Crippen LogP contribution in [0.2, 0.25) is 0 Å². The zero-order valence-electron chi connectivity index (χ0n) is 19.5. The first-order valence-corrected chi connectivity index (χ1v) is 11.6. The van der Waals surface area contributed by atoms with Crippen molar-refractivity contribution in [2.45, 2.75) is 19.4 Å². The predicted molar refractivity (Wildman–Crippen MR) is 133 cm³/mol. The first-order chi connectivity index (χ1) is 17.1. The summed E-state index contributed by atoms with van der Waals surface area (Å²) in [5, 5.41) is 23.2. The third-order valence-corrected chi connectivity index (χ3v) is 5.98. The maximum absolute atomic E-state index is 13.2. The second-order valence-corrected chi connectivity index (χ2v) is 8.46. The summed E-state index contributed by atoms with van der Waals surface area (Å²) in [4.78, 5) is 13.2. The molecule has 0 bridgehead atoms. The first kappa shape index (κ1) is 22.8. The van der Waals surface area contributed by atoms with E-state index in [1.807, 2.05) is 60.3 Å². The lowest BCUT2D eigenvalue weighted by Crippen LogP contribution is -2.36. The number of rotatable bonds is 8. The van der Waals surface area contributed by atoms with Gasteiger partial charge >= 0.3 is 0 Å². The monoisotopic (exact) mass is 469 g/mol. The van der Waals surface area contributed by atoms with Gasteiger partial charge in [-0.1, -0.05) is 48.0 Å². The minimum absolute atomic E-state index is 0.0426. The molecule has 2 N–H and O–H groups in total. The van der Waals surface area contributed by atoms with E-state index in [2.05, 4.69) is 34.7 Å². The zero-order chi connectivity index (χ0) is 24.2. The van der Waals surface area contributed by atoms with E-state index in [4.69, 9.17) is 14.6 Å². The highest BCUT2D eigenvalue weighted by atomic mass is 16.3. The summed E-state index contributed by atoms with van der Waals surface area (Å²) in [7, 11) is 0. The molecule has 2 aromatic carbocycles. The second-order valence-electron chi connectivity index (χ2n) is 8.46. The average molecular weight is 470 g/mol. The molecule has 5 rings (SSSR count). The molecule has 0 unspecified atom stereocenters. The van der Waals surface area contributed by atoms with E-state index in [1.165, 1.54) is 5.01 Å². The quantitative estimate of drug-likeness (QED) is 0.384. The first-order valence-electron chi connectivity index (χ1n) is 11.6. The smallest absolute Gasteiger partial charge is 0.257 e. The van der Waals surface area contributed by atoms with Gasteiger partial charge in [-0.15, -0.1) is 0 Å². The highest BCUT2D eigenvalue weighted by molar-refractivity contribution is 6.01. The van der Waals surface area contributed by atoms with Crippen molar-refractivity contribution < 1.29 is 14.3 Å². The lowest BCUT2D eigenvalue weighted by molar-refractivity contribution is -0.132. The molecule has 0 saturated carbocycles. The van der Waals surface area contributed by atoms with E-state index in [0.717, 1.165) is 28.1 Å². The Morgan fingerprint density at radius 1 is 1.11 bits per heavy atom. The van der Waals surface area contributed by atoms with Crippen molar-refractivity contribution in [1.82, 2.24) is 20.1 Å². The molecule has 4 aromatic rings. The van der Waals surface area contributed by atoms with Crippen LogP contribution in [0.1, 0.15) is 29.3 Å². The van der Waals surface area contributed by atoms with Crippen LogP contribution in [0.4, 0.5) is 0 Å². The van der Waals surface area contributed by atoms with Crippen molar-refractivity contribution >= 4 is 11.6 Å². The Bertz CT molecular complexity index is 1310. The van der Waals surface area contributed by atoms with Gasteiger partial charge < -0.3 is 14.8 Å². The summed E-state index contributed by atoms with van der Waals surface area (Å²) in [6.07, 6.45) is 4.08. The van der Waals surface area contributed by atoms with Crippen molar-refractivity contribution in [2.24, 2.45) is 5.10 Å². The van der Waals surface area contributed by atoms with E-state index >= 15 is 0 Å². The fourth-order valence-electron chi connectivity index (χ4n) is 4.21. The molecule has 8 heteroatoms. The molecule has 178 valence electrons. The van der Waals surface area contributed by atoms with Gasteiger partial charge in [0.05, 0.1) is 36.8 Å². The maximum Gasteiger partial charge on any atom is 0.257 e. The third kappa shape index (κ3) is 4.80. The van der Waals surface area contributed by atoms with Crippen LogP contribution in [0.5, 0.6) is 0 Å². The Labute approximate surface area is 203 Å². The van der Waals surface area contributed by atoms with E-state index < -0.39 is 0 Å². The van der Waals surface area contributed by atoms with Gasteiger partial charge in [0.15, 0.2) is 0 Å². The summed E-state index contributed by atoms with van der Waals surface area (Å²) in [5.74, 6) is 0.452. The minimum atomic E-state index is -0.354. The molecule has 1 aliphatic rings. The van der Waals surface area contributed by atoms with Crippen molar-refractivity contribution in [1.29, 1.82) is 0 Å². The minimum Gasteiger partial charge on any atom is -0.463 e. The Kier molecular flexibility index (Phi) is 6.56. The number of carbonyl (C=O) groups excluding carboxylic acids is 1. The molecule has 8 nitrogen and oxygen atoms in total. The van der Waals surface area contributed by atoms with Crippen LogP contribution in [0.3, 0.4) is 0 Å². The molecule has 0 fully saturated rings. The second kappa shape index (κ2) is 10.1. The molecule has 1 aliphatic heterocycles. The van der Waals surface area contributed by atoms with Crippen molar-refractivity contribution in [2.75, 3.05) is 19.7 Å². The van der Waals surface area contributed by atoms with Gasteiger partial charge in [-0.05, 0) is 31.2 Å². The number of hydrogen-bond donors (Lipinski definition) is 2. The molecule has 1 amide bonds. The maximum atomic E-state index is 13.2. The van der Waals surface area contributed by atoms with E-state index in [1.54, 1.807) is 6.26 Å². The van der Waals surface area contributed by atoms with Crippen LogP contribution >= 0.6 is 0 Å². The fraction of sp³-hybridized carbons (Fsp3) is 0.222. The molecule has 3 heterocycles. The van der Waals surface area contributed by atoms with E-state index in [9.17, 15) is 4.79 Å². The number of hydrazone groups is 1. The Morgan fingerprint density at radius 2 is 1.91 bits per heavy atom. The summed E-state index contributed by atoms with van der Waals surface area (Å²) >= 11 is 0. The summed E-state index contributed by atoms with van der Waals surface area (Å²) in [6, 6.07) is 21.4. The number of nitrogens with zero attached hydrogens (tertiary/aromatic N) is 4. The van der Waals surface area contributed by atoms with Crippen LogP contribution in [0.25, 0.3) is 16.9 Å². The van der Waals surface area contributed by atoms with Crippen molar-refractivity contribution in [3.63, 3.8) is 0 Å². The van der Waals surface area contributed by atoms with Crippen LogP contribution in [0.15, 0.2) is 88.7 Å². The zero-order valence-corrected chi connectivity index (χ0v) is 19.5. The van der Waals surface area contributed by atoms with Gasteiger partial charge in [-0.2, -0.15) is 10.2 Å². The lowest BCUT2D eigenvalue weighted by Gasteiger charge is -2.22. The number of aliphatic hydroxyl groups is 1. The number of nitrogens with one attached hydrogen (secondary N) is 1. The summed E-state index contributed by atoms with van der Waals surface area (Å²) in [5.41, 5.74) is 5.47. The number of amides is 1. The van der Waals surface area contributed by atoms with Crippen molar-refractivity contribution in [3.8, 4) is 16.9 Å². The Morgan fingerprint density at radius 3 is 2.63 bits per heavy atom. The van der Waals surface area contributed by atoms with E-state index in [0.29, 0.717) is 24.4 Å². The number of aliphatic hydroxyl groups excluding tert-OH is 1. The summed E-state index contributed by atoms with van der Waals surface area (Å²) < 4.78 is 7.44. The summed E-state index contributed by atoms with van der Waals surface area (Å²) in [6.45, 7) is 2.41. The number of para-hydroxylation sites is 1. The molecule has 0 aliphatic carbocycles. The Hall–Kier alpha value is -4.01. The van der Waals surface area contributed by atoms with Gasteiger partial charge in [0.1, 0.15) is 11.5 Å². The molecule has 0 radical (unpaired) electrons. The number of aromatic nitrogens is 2. The SMILES string of the molecule is Cc1ccc(-c2nn(-c3ccccc3)cc2[C@@H]2CC(c3ccco3)=NN2C(=O)CNCCO)cc1. The number of benzene rings is 2.